The van der Waals surface area contributed by atoms with Gasteiger partial charge in [-0.2, -0.15) is 0 Å². The van der Waals surface area contributed by atoms with Crippen LogP contribution in [0.2, 0.25) is 5.02 Å². The van der Waals surface area contributed by atoms with Gasteiger partial charge in [-0.25, -0.2) is 4.98 Å². The number of nitrogens with one attached hydrogen (secondary N) is 1. The van der Waals surface area contributed by atoms with Gasteiger partial charge in [0.2, 0.25) is 5.91 Å². The standard InChI is InChI=1S/C20H19ClN2OS2/c1-14(16-7-3-2-4-8-16)22-19(24)11-18-13-26-20(23-18)25-12-15-6-5-9-17(21)10-15/h2-10,13-14H,11-12H2,1H3,(H,22,24). The summed E-state index contributed by atoms with van der Waals surface area (Å²) in [6.45, 7) is 1.99. The molecule has 134 valence electrons. The van der Waals surface area contributed by atoms with Crippen molar-refractivity contribution < 1.29 is 4.79 Å². The molecule has 0 radical (unpaired) electrons. The van der Waals surface area contributed by atoms with Crippen LogP contribution in [0.25, 0.3) is 0 Å². The molecule has 26 heavy (non-hydrogen) atoms. The molecule has 1 heterocycles. The number of benzene rings is 2. The first-order chi connectivity index (χ1) is 12.6. The lowest BCUT2D eigenvalue weighted by Gasteiger charge is -2.13. The third kappa shape index (κ3) is 5.59. The molecular formula is C20H19ClN2OS2. The number of aromatic nitrogens is 1. The van der Waals surface area contributed by atoms with Gasteiger partial charge in [0.15, 0.2) is 0 Å². The van der Waals surface area contributed by atoms with Gasteiger partial charge in [-0.15, -0.1) is 11.3 Å². The Hall–Kier alpha value is -1.82. The molecule has 1 N–H and O–H groups in total. The fourth-order valence-electron chi connectivity index (χ4n) is 2.49. The molecule has 3 nitrogen and oxygen atoms in total. The maximum Gasteiger partial charge on any atom is 0.226 e. The van der Waals surface area contributed by atoms with Crippen molar-refractivity contribution in [2.45, 2.75) is 29.5 Å². The molecule has 0 fully saturated rings. The van der Waals surface area contributed by atoms with Crippen LogP contribution in [0.3, 0.4) is 0 Å². The van der Waals surface area contributed by atoms with Gasteiger partial charge >= 0.3 is 0 Å². The van der Waals surface area contributed by atoms with Crippen molar-refractivity contribution in [2.75, 3.05) is 0 Å². The Morgan fingerprint density at radius 1 is 1.23 bits per heavy atom. The third-order valence-electron chi connectivity index (χ3n) is 3.80. The average molecular weight is 403 g/mol. The summed E-state index contributed by atoms with van der Waals surface area (Å²) in [6, 6.07) is 17.7. The number of carbonyl (C=O) groups excluding carboxylic acids is 1. The Bertz CT molecular complexity index is 867. The van der Waals surface area contributed by atoms with E-state index in [2.05, 4.69) is 10.3 Å². The highest BCUT2D eigenvalue weighted by Gasteiger charge is 2.12. The zero-order valence-corrected chi connectivity index (χ0v) is 16.7. The van der Waals surface area contributed by atoms with Gasteiger partial charge in [0.1, 0.15) is 4.34 Å². The smallest absolute Gasteiger partial charge is 0.226 e. The summed E-state index contributed by atoms with van der Waals surface area (Å²) in [5.41, 5.74) is 3.06. The second kappa shape index (κ2) is 9.21. The maximum atomic E-state index is 12.3. The number of nitrogens with zero attached hydrogens (tertiary/aromatic N) is 1. The fraction of sp³-hybridized carbons (Fsp3) is 0.200. The van der Waals surface area contributed by atoms with Crippen LogP contribution in [-0.2, 0) is 17.0 Å². The average Bonchev–Trinajstić information content (AvgIpc) is 3.08. The van der Waals surface area contributed by atoms with E-state index in [0.717, 1.165) is 31.9 Å². The number of hydrogen-bond acceptors (Lipinski definition) is 4. The van der Waals surface area contributed by atoms with Crippen molar-refractivity contribution in [1.29, 1.82) is 0 Å². The Kier molecular flexibility index (Phi) is 6.72. The predicted molar refractivity (Wildman–Crippen MR) is 110 cm³/mol. The Morgan fingerprint density at radius 2 is 2.04 bits per heavy atom. The van der Waals surface area contributed by atoms with Crippen LogP contribution < -0.4 is 5.32 Å². The van der Waals surface area contributed by atoms with E-state index in [1.807, 2.05) is 66.9 Å². The number of halogens is 1. The predicted octanol–water partition coefficient (Wildman–Crippen LogP) is 5.51. The lowest BCUT2D eigenvalue weighted by atomic mass is 10.1. The molecule has 1 amide bonds. The van der Waals surface area contributed by atoms with Crippen molar-refractivity contribution in [3.8, 4) is 0 Å². The van der Waals surface area contributed by atoms with E-state index in [1.54, 1.807) is 23.1 Å². The third-order valence-corrected chi connectivity index (χ3v) is 6.18. The molecule has 1 unspecified atom stereocenters. The highest BCUT2D eigenvalue weighted by molar-refractivity contribution is 8.00. The Labute approximate surface area is 166 Å². The van der Waals surface area contributed by atoms with Crippen molar-refractivity contribution in [2.24, 2.45) is 0 Å². The van der Waals surface area contributed by atoms with Gasteiger partial charge in [-0.3, -0.25) is 4.79 Å². The number of rotatable bonds is 7. The van der Waals surface area contributed by atoms with Gasteiger partial charge < -0.3 is 5.32 Å². The van der Waals surface area contributed by atoms with E-state index in [9.17, 15) is 4.79 Å². The number of carbonyl (C=O) groups is 1. The van der Waals surface area contributed by atoms with E-state index in [-0.39, 0.29) is 11.9 Å². The molecule has 0 bridgehead atoms. The van der Waals surface area contributed by atoms with Crippen molar-refractivity contribution in [3.05, 3.63) is 81.8 Å². The number of thioether (sulfide) groups is 1. The molecule has 0 spiro atoms. The zero-order chi connectivity index (χ0) is 18.4. The molecule has 1 atom stereocenters. The monoisotopic (exact) mass is 402 g/mol. The molecule has 3 aromatic rings. The van der Waals surface area contributed by atoms with E-state index >= 15 is 0 Å². The summed E-state index contributed by atoms with van der Waals surface area (Å²) in [7, 11) is 0. The minimum atomic E-state index is -0.0157. The lowest BCUT2D eigenvalue weighted by Crippen LogP contribution is -2.28. The summed E-state index contributed by atoms with van der Waals surface area (Å²) in [6.07, 6.45) is 0.297. The largest absolute Gasteiger partial charge is 0.349 e. The molecule has 0 aliphatic carbocycles. The summed E-state index contributed by atoms with van der Waals surface area (Å²) < 4.78 is 0.962. The van der Waals surface area contributed by atoms with Crippen molar-refractivity contribution >= 4 is 40.6 Å². The van der Waals surface area contributed by atoms with E-state index in [0.29, 0.717) is 6.42 Å². The summed E-state index contributed by atoms with van der Waals surface area (Å²) in [5.74, 6) is 0.795. The van der Waals surface area contributed by atoms with E-state index < -0.39 is 0 Å². The number of thiazole rings is 1. The normalized spacial score (nSPS) is 11.9. The second-order valence-corrected chi connectivity index (χ2v) is 8.42. The summed E-state index contributed by atoms with van der Waals surface area (Å²) in [5, 5.41) is 5.72. The van der Waals surface area contributed by atoms with Crippen LogP contribution in [0, 0.1) is 0 Å². The van der Waals surface area contributed by atoms with Gasteiger partial charge in [-0.1, -0.05) is 65.8 Å². The highest BCUT2D eigenvalue weighted by Crippen LogP contribution is 2.27. The molecule has 0 aliphatic rings. The molecule has 1 aromatic heterocycles. The van der Waals surface area contributed by atoms with Gasteiger partial charge in [-0.05, 0) is 30.2 Å². The molecule has 0 aliphatic heterocycles. The minimum Gasteiger partial charge on any atom is -0.349 e. The SMILES string of the molecule is CC(NC(=O)Cc1csc(SCc2cccc(Cl)c2)n1)c1ccccc1. The van der Waals surface area contributed by atoms with Gasteiger partial charge in [0.25, 0.3) is 0 Å². The topological polar surface area (TPSA) is 42.0 Å². The minimum absolute atomic E-state index is 0.0148. The van der Waals surface area contributed by atoms with E-state index in [4.69, 9.17) is 11.6 Å². The van der Waals surface area contributed by atoms with Crippen molar-refractivity contribution in [1.82, 2.24) is 10.3 Å². The first-order valence-electron chi connectivity index (χ1n) is 8.26. The van der Waals surface area contributed by atoms with Crippen LogP contribution >= 0.6 is 34.7 Å². The van der Waals surface area contributed by atoms with Crippen LogP contribution in [-0.4, -0.2) is 10.9 Å². The highest BCUT2D eigenvalue weighted by atomic mass is 35.5. The van der Waals surface area contributed by atoms with Crippen LogP contribution in [0.15, 0.2) is 64.3 Å². The molecule has 0 saturated carbocycles. The second-order valence-electron chi connectivity index (χ2n) is 5.90. The van der Waals surface area contributed by atoms with Gasteiger partial charge in [0, 0.05) is 16.2 Å². The first kappa shape index (κ1) is 19.0. The quantitative estimate of drug-likeness (QED) is 0.530. The number of hydrogen-bond donors (Lipinski definition) is 1. The number of amides is 1. The van der Waals surface area contributed by atoms with Gasteiger partial charge in [0.05, 0.1) is 18.2 Å². The molecule has 2 aromatic carbocycles. The summed E-state index contributed by atoms with van der Waals surface area (Å²) >= 11 is 9.23. The Morgan fingerprint density at radius 3 is 2.81 bits per heavy atom. The zero-order valence-electron chi connectivity index (χ0n) is 14.3. The van der Waals surface area contributed by atoms with E-state index in [1.165, 1.54) is 0 Å². The lowest BCUT2D eigenvalue weighted by molar-refractivity contribution is -0.121. The molecule has 6 heteroatoms. The van der Waals surface area contributed by atoms with Crippen molar-refractivity contribution in [3.63, 3.8) is 0 Å². The van der Waals surface area contributed by atoms with Crippen LogP contribution in [0.5, 0.6) is 0 Å². The Balaban J connectivity index is 1.50. The maximum absolute atomic E-state index is 12.3. The fourth-order valence-corrected chi connectivity index (χ4v) is 4.49. The van der Waals surface area contributed by atoms with Crippen LogP contribution in [0.4, 0.5) is 0 Å². The molecule has 3 rings (SSSR count). The summed E-state index contributed by atoms with van der Waals surface area (Å²) in [4.78, 5) is 16.8. The molecule has 0 saturated heterocycles. The molecular weight excluding hydrogens is 384 g/mol. The van der Waals surface area contributed by atoms with Crippen LogP contribution in [0.1, 0.15) is 29.8 Å². The first-order valence-corrected chi connectivity index (χ1v) is 10.5.